The van der Waals surface area contributed by atoms with Crippen molar-refractivity contribution in [3.05, 3.63) is 56.8 Å². The molecule has 5 N–H and O–H groups in total. The maximum Gasteiger partial charge on any atom is 0.269 e. The van der Waals surface area contributed by atoms with E-state index < -0.39 is 10.8 Å². The summed E-state index contributed by atoms with van der Waals surface area (Å²) in [5.74, 6) is -0.278. The van der Waals surface area contributed by atoms with Crippen LogP contribution in [0.1, 0.15) is 30.9 Å². The largest absolute Gasteiger partial charge is 0.383 e. The standard InChI is InChI=1S/C16H16N6O3/c1-7-11(8(2)23)12(9-4-3-5-10(6-9)22(24)25)13-14(17)20-16(18)21-15(13)19-7/h3-6,12H,1-2H3,(H5,17,18,19,20,21). The summed E-state index contributed by atoms with van der Waals surface area (Å²) in [7, 11) is 0. The van der Waals surface area contributed by atoms with Gasteiger partial charge in [0.1, 0.15) is 11.6 Å². The van der Waals surface area contributed by atoms with Crippen LogP contribution in [0.15, 0.2) is 35.5 Å². The van der Waals surface area contributed by atoms with Gasteiger partial charge in [-0.2, -0.15) is 9.97 Å². The lowest BCUT2D eigenvalue weighted by Crippen LogP contribution is -2.24. The van der Waals surface area contributed by atoms with Gasteiger partial charge >= 0.3 is 0 Å². The highest BCUT2D eigenvalue weighted by atomic mass is 16.6. The van der Waals surface area contributed by atoms with Crippen LogP contribution in [0.5, 0.6) is 0 Å². The van der Waals surface area contributed by atoms with E-state index in [9.17, 15) is 14.9 Å². The first-order chi connectivity index (χ1) is 11.8. The summed E-state index contributed by atoms with van der Waals surface area (Å²) in [6, 6.07) is 6.08. The molecule has 1 aliphatic heterocycles. The molecule has 9 heteroatoms. The first-order valence-electron chi connectivity index (χ1n) is 7.45. The van der Waals surface area contributed by atoms with Crippen LogP contribution in [0.3, 0.4) is 0 Å². The highest BCUT2D eigenvalue weighted by molar-refractivity contribution is 5.98. The van der Waals surface area contributed by atoms with Crippen LogP contribution in [-0.4, -0.2) is 20.7 Å². The number of Topliss-reactive ketones (excluding diaryl/α,β-unsaturated/α-hetero) is 1. The number of nitrogens with one attached hydrogen (secondary N) is 1. The number of nitrogens with two attached hydrogens (primary N) is 2. The van der Waals surface area contributed by atoms with Crippen LogP contribution in [0.2, 0.25) is 0 Å². The minimum atomic E-state index is -0.616. The van der Waals surface area contributed by atoms with Crippen molar-refractivity contribution in [2.24, 2.45) is 0 Å². The topological polar surface area (TPSA) is 150 Å². The van der Waals surface area contributed by atoms with E-state index >= 15 is 0 Å². The molecular formula is C16H16N6O3. The molecule has 9 nitrogen and oxygen atoms in total. The van der Waals surface area contributed by atoms with Gasteiger partial charge in [-0.1, -0.05) is 12.1 Å². The SMILES string of the molecule is CC(=O)C1=C(C)Nc2nc(N)nc(N)c2C1c1cccc([N+](=O)[O-])c1. The average molecular weight is 340 g/mol. The Balaban J connectivity index is 2.30. The lowest BCUT2D eigenvalue weighted by Gasteiger charge is -2.30. The van der Waals surface area contributed by atoms with Gasteiger partial charge in [0.05, 0.1) is 4.92 Å². The number of benzene rings is 1. The molecule has 0 bridgehead atoms. The summed E-state index contributed by atoms with van der Waals surface area (Å²) in [5.41, 5.74) is 13.7. The number of anilines is 3. The summed E-state index contributed by atoms with van der Waals surface area (Å²) < 4.78 is 0. The zero-order valence-corrected chi connectivity index (χ0v) is 13.6. The summed E-state index contributed by atoms with van der Waals surface area (Å²) in [5, 5.41) is 14.1. The van der Waals surface area contributed by atoms with Crippen molar-refractivity contribution < 1.29 is 9.72 Å². The van der Waals surface area contributed by atoms with Gasteiger partial charge in [0, 0.05) is 34.9 Å². The van der Waals surface area contributed by atoms with E-state index in [1.165, 1.54) is 19.1 Å². The summed E-state index contributed by atoms with van der Waals surface area (Å²) in [6.07, 6.45) is 0. The number of hydrogen-bond donors (Lipinski definition) is 3. The minimum Gasteiger partial charge on any atom is -0.383 e. The second kappa shape index (κ2) is 5.86. The van der Waals surface area contributed by atoms with Crippen LogP contribution in [0.4, 0.5) is 23.3 Å². The van der Waals surface area contributed by atoms with Gasteiger partial charge < -0.3 is 16.8 Å². The van der Waals surface area contributed by atoms with Crippen molar-refractivity contribution in [2.75, 3.05) is 16.8 Å². The highest BCUT2D eigenvalue weighted by Gasteiger charge is 2.34. The molecule has 3 rings (SSSR count). The van der Waals surface area contributed by atoms with Gasteiger partial charge in [0.25, 0.3) is 5.69 Å². The van der Waals surface area contributed by atoms with Gasteiger partial charge in [-0.3, -0.25) is 14.9 Å². The van der Waals surface area contributed by atoms with E-state index in [0.717, 1.165) is 0 Å². The number of nitro benzene ring substituents is 1. The Hall–Kier alpha value is -3.49. The zero-order chi connectivity index (χ0) is 18.3. The molecule has 2 heterocycles. The second-order valence-corrected chi connectivity index (χ2v) is 5.73. The number of aromatic nitrogens is 2. The van der Waals surface area contributed by atoms with E-state index in [2.05, 4.69) is 15.3 Å². The second-order valence-electron chi connectivity index (χ2n) is 5.73. The van der Waals surface area contributed by atoms with Crippen LogP contribution in [-0.2, 0) is 4.79 Å². The number of non-ortho nitro benzene ring substituents is 1. The Morgan fingerprint density at radius 1 is 1.32 bits per heavy atom. The van der Waals surface area contributed by atoms with Crippen molar-refractivity contribution >= 4 is 29.1 Å². The van der Waals surface area contributed by atoms with Gasteiger partial charge in [0.2, 0.25) is 5.95 Å². The molecule has 25 heavy (non-hydrogen) atoms. The van der Waals surface area contributed by atoms with E-state index in [-0.39, 0.29) is 23.2 Å². The average Bonchev–Trinajstić information content (AvgIpc) is 2.52. The van der Waals surface area contributed by atoms with Gasteiger partial charge in [-0.15, -0.1) is 0 Å². The number of nitrogens with zero attached hydrogens (tertiary/aromatic N) is 3. The lowest BCUT2D eigenvalue weighted by molar-refractivity contribution is -0.384. The Morgan fingerprint density at radius 2 is 2.04 bits per heavy atom. The van der Waals surface area contributed by atoms with Crippen molar-refractivity contribution in [2.45, 2.75) is 19.8 Å². The molecular weight excluding hydrogens is 324 g/mol. The molecule has 1 aromatic heterocycles. The molecule has 1 unspecified atom stereocenters. The normalized spacial score (nSPS) is 16.2. The van der Waals surface area contributed by atoms with E-state index in [1.807, 2.05) is 0 Å². The number of rotatable bonds is 3. The molecule has 1 aromatic carbocycles. The number of fused-ring (bicyclic) bond motifs is 1. The van der Waals surface area contributed by atoms with Crippen LogP contribution in [0.25, 0.3) is 0 Å². The van der Waals surface area contributed by atoms with E-state index in [4.69, 9.17) is 11.5 Å². The van der Waals surface area contributed by atoms with Crippen LogP contribution in [0, 0.1) is 10.1 Å². The molecule has 0 saturated heterocycles. The fourth-order valence-corrected chi connectivity index (χ4v) is 3.11. The van der Waals surface area contributed by atoms with E-state index in [0.29, 0.717) is 28.2 Å². The summed E-state index contributed by atoms with van der Waals surface area (Å²) in [4.78, 5) is 31.0. The predicted molar refractivity (Wildman–Crippen MR) is 92.8 cm³/mol. The number of carbonyl (C=O) groups excluding carboxylic acids is 1. The van der Waals surface area contributed by atoms with Crippen LogP contribution >= 0.6 is 0 Å². The van der Waals surface area contributed by atoms with Gasteiger partial charge in [-0.25, -0.2) is 0 Å². The van der Waals surface area contributed by atoms with Gasteiger partial charge in [0.15, 0.2) is 5.78 Å². The molecule has 1 aliphatic rings. The number of nitro groups is 1. The number of nitrogen functional groups attached to an aromatic ring is 2. The molecule has 0 aliphatic carbocycles. The molecule has 1 atom stereocenters. The molecule has 2 aromatic rings. The smallest absolute Gasteiger partial charge is 0.269 e. The van der Waals surface area contributed by atoms with Crippen molar-refractivity contribution in [1.82, 2.24) is 9.97 Å². The first kappa shape index (κ1) is 16.4. The fraction of sp³-hybridized carbons (Fsp3) is 0.188. The maximum atomic E-state index is 12.3. The maximum absolute atomic E-state index is 12.3. The van der Waals surface area contributed by atoms with Crippen molar-refractivity contribution in [3.63, 3.8) is 0 Å². The van der Waals surface area contributed by atoms with Gasteiger partial charge in [-0.05, 0) is 19.4 Å². The molecule has 0 fully saturated rings. The monoisotopic (exact) mass is 340 g/mol. The third-order valence-electron chi connectivity index (χ3n) is 4.07. The molecule has 0 radical (unpaired) electrons. The number of ketones is 1. The highest BCUT2D eigenvalue weighted by Crippen LogP contribution is 2.44. The predicted octanol–water partition coefficient (Wildman–Crippen LogP) is 1.97. The number of allylic oxidation sites excluding steroid dienone is 2. The summed E-state index contributed by atoms with van der Waals surface area (Å²) >= 11 is 0. The third-order valence-corrected chi connectivity index (χ3v) is 4.07. The molecule has 0 amide bonds. The Kier molecular flexibility index (Phi) is 3.84. The fourth-order valence-electron chi connectivity index (χ4n) is 3.11. The molecule has 128 valence electrons. The van der Waals surface area contributed by atoms with Crippen molar-refractivity contribution in [1.29, 1.82) is 0 Å². The molecule has 0 spiro atoms. The Labute approximate surface area is 142 Å². The Morgan fingerprint density at radius 3 is 2.68 bits per heavy atom. The third kappa shape index (κ3) is 2.75. The van der Waals surface area contributed by atoms with E-state index in [1.54, 1.807) is 19.1 Å². The first-order valence-corrected chi connectivity index (χ1v) is 7.45. The quantitative estimate of drug-likeness (QED) is 0.567. The summed E-state index contributed by atoms with van der Waals surface area (Å²) in [6.45, 7) is 3.17. The lowest BCUT2D eigenvalue weighted by atomic mass is 9.80. The number of carbonyl (C=O) groups is 1. The van der Waals surface area contributed by atoms with Crippen LogP contribution < -0.4 is 16.8 Å². The Bertz CT molecular complexity index is 937. The molecule has 0 saturated carbocycles. The number of hydrogen-bond acceptors (Lipinski definition) is 8. The zero-order valence-electron chi connectivity index (χ0n) is 13.6. The van der Waals surface area contributed by atoms with Crippen molar-refractivity contribution in [3.8, 4) is 0 Å². The minimum absolute atomic E-state index is 0.000572.